The highest BCUT2D eigenvalue weighted by Gasteiger charge is 2.32. The average molecular weight is 532 g/mol. The van der Waals surface area contributed by atoms with Gasteiger partial charge in [-0.3, -0.25) is 9.59 Å². The number of nitrogens with zero attached hydrogens (tertiary/aromatic N) is 4. The van der Waals surface area contributed by atoms with Crippen molar-refractivity contribution in [1.29, 1.82) is 0 Å². The number of nitrogens with one attached hydrogen (secondary N) is 1. The fourth-order valence-electron chi connectivity index (χ4n) is 5.59. The van der Waals surface area contributed by atoms with Crippen molar-refractivity contribution in [2.24, 2.45) is 0 Å². The van der Waals surface area contributed by atoms with Gasteiger partial charge in [0.2, 0.25) is 5.91 Å². The number of halogens is 1. The van der Waals surface area contributed by atoms with Crippen molar-refractivity contribution in [3.63, 3.8) is 0 Å². The van der Waals surface area contributed by atoms with Gasteiger partial charge in [-0.15, -0.1) is 10.2 Å². The summed E-state index contributed by atoms with van der Waals surface area (Å²) in [5.41, 5.74) is 0.541. The van der Waals surface area contributed by atoms with Gasteiger partial charge in [-0.1, -0.05) is 61.9 Å². The van der Waals surface area contributed by atoms with E-state index in [1.54, 1.807) is 24.3 Å². The summed E-state index contributed by atoms with van der Waals surface area (Å²) in [7, 11) is 0. The van der Waals surface area contributed by atoms with Crippen LogP contribution in [0.2, 0.25) is 5.02 Å². The summed E-state index contributed by atoms with van der Waals surface area (Å²) < 4.78 is 2.00. The van der Waals surface area contributed by atoms with Crippen molar-refractivity contribution in [3.8, 4) is 0 Å². The summed E-state index contributed by atoms with van der Waals surface area (Å²) in [6.07, 6.45) is 12.0. The molecule has 7 nitrogen and oxygen atoms in total. The molecule has 2 aliphatic carbocycles. The number of aromatic nitrogens is 3. The van der Waals surface area contributed by atoms with Gasteiger partial charge in [0.15, 0.2) is 11.0 Å². The quantitative estimate of drug-likeness (QED) is 0.400. The lowest BCUT2D eigenvalue weighted by molar-refractivity contribution is -0.135. The average Bonchev–Trinajstić information content (AvgIpc) is 3.32. The number of amides is 2. The lowest BCUT2D eigenvalue weighted by Crippen LogP contribution is -2.49. The van der Waals surface area contributed by atoms with Crippen LogP contribution in [0.5, 0.6) is 0 Å². The van der Waals surface area contributed by atoms with Gasteiger partial charge in [-0.2, -0.15) is 0 Å². The molecule has 1 N–H and O–H groups in total. The monoisotopic (exact) mass is 531 g/mol. The Morgan fingerprint density at radius 2 is 1.61 bits per heavy atom. The Kier molecular flexibility index (Phi) is 9.71. The molecule has 2 aliphatic rings. The fraction of sp³-hybridized carbons (Fsp3) is 0.630. The van der Waals surface area contributed by atoms with E-state index in [2.05, 4.69) is 20.4 Å². The first kappa shape index (κ1) is 27.0. The van der Waals surface area contributed by atoms with Crippen molar-refractivity contribution in [3.05, 3.63) is 40.7 Å². The molecular formula is C27H38ClN5O2S. The summed E-state index contributed by atoms with van der Waals surface area (Å²) >= 11 is 7.40. The van der Waals surface area contributed by atoms with E-state index in [0.717, 1.165) is 30.8 Å². The molecule has 0 unspecified atom stereocenters. The molecule has 4 rings (SSSR count). The summed E-state index contributed by atoms with van der Waals surface area (Å²) in [5.74, 6) is 1.10. The van der Waals surface area contributed by atoms with Gasteiger partial charge in [0.25, 0.3) is 5.91 Å². The third-order valence-corrected chi connectivity index (χ3v) is 8.66. The third kappa shape index (κ3) is 6.62. The second-order valence-corrected chi connectivity index (χ2v) is 11.3. The number of carbonyl (C=O) groups is 2. The number of carbonyl (C=O) groups excluding carboxylic acids is 2. The minimum atomic E-state index is -0.327. The summed E-state index contributed by atoms with van der Waals surface area (Å²) in [6, 6.07) is 7.25. The number of thioether (sulfide) groups is 1. The van der Waals surface area contributed by atoms with E-state index in [9.17, 15) is 9.59 Å². The first-order valence-corrected chi connectivity index (χ1v) is 14.8. The second kappa shape index (κ2) is 13.0. The number of benzene rings is 1. The summed E-state index contributed by atoms with van der Waals surface area (Å²) in [4.78, 5) is 28.5. The predicted molar refractivity (Wildman–Crippen MR) is 144 cm³/mol. The van der Waals surface area contributed by atoms with E-state index in [-0.39, 0.29) is 17.9 Å². The van der Waals surface area contributed by atoms with Gasteiger partial charge in [-0.25, -0.2) is 0 Å². The minimum absolute atomic E-state index is 0.190. The van der Waals surface area contributed by atoms with E-state index in [4.69, 9.17) is 11.6 Å². The molecule has 196 valence electrons. The summed E-state index contributed by atoms with van der Waals surface area (Å²) in [6.45, 7) is 4.59. The molecule has 2 fully saturated rings. The van der Waals surface area contributed by atoms with Crippen LogP contribution in [0, 0.1) is 0 Å². The van der Waals surface area contributed by atoms with Crippen LogP contribution >= 0.6 is 23.4 Å². The Bertz CT molecular complexity index is 998. The maximum atomic E-state index is 13.6. The van der Waals surface area contributed by atoms with Crippen LogP contribution < -0.4 is 5.32 Å². The molecular weight excluding hydrogens is 494 g/mol. The zero-order valence-corrected chi connectivity index (χ0v) is 23.0. The lowest BCUT2D eigenvalue weighted by Gasteiger charge is -2.41. The lowest BCUT2D eigenvalue weighted by atomic mass is 9.88. The first-order valence-electron chi connectivity index (χ1n) is 13.4. The van der Waals surface area contributed by atoms with Crippen molar-refractivity contribution in [2.45, 2.75) is 108 Å². The molecule has 1 heterocycles. The molecule has 0 spiro atoms. The van der Waals surface area contributed by atoms with Gasteiger partial charge in [0.05, 0.1) is 11.8 Å². The zero-order valence-electron chi connectivity index (χ0n) is 21.4. The molecule has 1 aromatic carbocycles. The van der Waals surface area contributed by atoms with Crippen molar-refractivity contribution in [2.75, 3.05) is 5.75 Å². The highest BCUT2D eigenvalue weighted by Crippen LogP contribution is 2.31. The predicted octanol–water partition coefficient (Wildman–Crippen LogP) is 6.03. The fourth-order valence-corrected chi connectivity index (χ4v) is 6.60. The Hall–Kier alpha value is -2.06. The number of hydrogen-bond acceptors (Lipinski definition) is 5. The van der Waals surface area contributed by atoms with Gasteiger partial charge >= 0.3 is 0 Å². The van der Waals surface area contributed by atoms with Crippen molar-refractivity contribution in [1.82, 2.24) is 25.0 Å². The topological polar surface area (TPSA) is 80.1 Å². The number of hydrogen-bond donors (Lipinski definition) is 1. The molecule has 2 aromatic rings. The largest absolute Gasteiger partial charge is 0.342 e. The van der Waals surface area contributed by atoms with Gasteiger partial charge in [0.1, 0.15) is 0 Å². The summed E-state index contributed by atoms with van der Waals surface area (Å²) in [5, 5.41) is 13.1. The molecule has 1 aromatic heterocycles. The molecule has 9 heteroatoms. The molecule has 0 saturated heterocycles. The van der Waals surface area contributed by atoms with Gasteiger partial charge in [-0.05, 0) is 63.8 Å². The molecule has 2 saturated carbocycles. The molecule has 2 amide bonds. The normalized spacial score (nSPS) is 18.1. The Labute approximate surface area is 223 Å². The van der Waals surface area contributed by atoms with Gasteiger partial charge in [0, 0.05) is 29.2 Å². The van der Waals surface area contributed by atoms with E-state index in [1.165, 1.54) is 50.3 Å². The smallest absolute Gasteiger partial charge is 0.251 e. The zero-order chi connectivity index (χ0) is 25.5. The Balaban J connectivity index is 1.41. The Morgan fingerprint density at radius 1 is 1.03 bits per heavy atom. The SMILES string of the molecule is CCn1c(SCC(=O)N(C2CCCCC2)C2CCCCC2)nnc1[C@@H](C)NC(=O)c1ccc(Cl)cc1. The highest BCUT2D eigenvalue weighted by molar-refractivity contribution is 7.99. The van der Waals surface area contributed by atoms with Crippen molar-refractivity contribution < 1.29 is 9.59 Å². The minimum Gasteiger partial charge on any atom is -0.342 e. The van der Waals surface area contributed by atoms with Crippen LogP contribution in [-0.2, 0) is 11.3 Å². The van der Waals surface area contributed by atoms with Crippen LogP contribution in [0.15, 0.2) is 29.4 Å². The molecule has 0 aliphatic heterocycles. The highest BCUT2D eigenvalue weighted by atomic mass is 35.5. The molecule has 0 radical (unpaired) electrons. The number of rotatable bonds is 9. The molecule has 0 bridgehead atoms. The standard InChI is InChI=1S/C27H38ClN5O2S/c1-3-32-25(19(2)29-26(35)20-14-16-21(28)17-15-20)30-31-27(32)36-18-24(34)33(22-10-6-4-7-11-22)23-12-8-5-9-13-23/h14-17,19,22-23H,3-13,18H2,1-2H3,(H,29,35)/t19-/m1/s1. The van der Waals surface area contributed by atoms with E-state index in [0.29, 0.717) is 40.8 Å². The van der Waals surface area contributed by atoms with Crippen LogP contribution in [-0.4, -0.2) is 49.3 Å². The maximum absolute atomic E-state index is 13.6. The Morgan fingerprint density at radius 3 is 2.17 bits per heavy atom. The van der Waals surface area contributed by atoms with Crippen LogP contribution in [0.4, 0.5) is 0 Å². The van der Waals surface area contributed by atoms with E-state index >= 15 is 0 Å². The molecule has 1 atom stereocenters. The first-order chi connectivity index (χ1) is 17.5. The second-order valence-electron chi connectivity index (χ2n) is 9.96. The third-order valence-electron chi connectivity index (χ3n) is 7.45. The maximum Gasteiger partial charge on any atom is 0.251 e. The van der Waals surface area contributed by atoms with E-state index < -0.39 is 0 Å². The molecule has 36 heavy (non-hydrogen) atoms. The van der Waals surface area contributed by atoms with E-state index in [1.807, 2.05) is 18.4 Å². The van der Waals surface area contributed by atoms with Crippen molar-refractivity contribution >= 4 is 35.2 Å². The van der Waals surface area contributed by atoms with Crippen LogP contribution in [0.1, 0.15) is 100 Å². The van der Waals surface area contributed by atoms with Crippen LogP contribution in [0.3, 0.4) is 0 Å². The van der Waals surface area contributed by atoms with Gasteiger partial charge < -0.3 is 14.8 Å². The van der Waals surface area contributed by atoms with Crippen LogP contribution in [0.25, 0.3) is 0 Å².